The van der Waals surface area contributed by atoms with Gasteiger partial charge in [0.15, 0.2) is 0 Å². The lowest BCUT2D eigenvalue weighted by molar-refractivity contribution is -0.131. The molecule has 0 bridgehead atoms. The molecule has 1 N–H and O–H groups in total. The largest absolute Gasteiger partial charge is 0.478 e. The molecule has 0 amide bonds. The number of hydrogen-bond acceptors (Lipinski definition) is 2. The van der Waals surface area contributed by atoms with Crippen LogP contribution in [0.3, 0.4) is 0 Å². The Morgan fingerprint density at radius 2 is 2.00 bits per heavy atom. The van der Waals surface area contributed by atoms with Crippen LogP contribution in [0.1, 0.15) is 32.3 Å². The third kappa shape index (κ3) is 3.59. The summed E-state index contributed by atoms with van der Waals surface area (Å²) in [6.07, 6.45) is 4.66. The van der Waals surface area contributed by atoms with Crippen LogP contribution in [0.15, 0.2) is 24.3 Å². The first kappa shape index (κ1) is 14.6. The zero-order chi connectivity index (χ0) is 14.8. The summed E-state index contributed by atoms with van der Waals surface area (Å²) in [5.74, 6) is -1.38. The number of piperidine rings is 1. The van der Waals surface area contributed by atoms with E-state index in [1.54, 1.807) is 6.07 Å². The van der Waals surface area contributed by atoms with Gasteiger partial charge in [-0.25, -0.2) is 9.18 Å². The molecule has 1 aliphatic rings. The SMILES string of the molecule is CC1(C)CCN(c2ccc(F)cc2C=CC(=O)O)CC1. The van der Waals surface area contributed by atoms with Gasteiger partial charge in [0.1, 0.15) is 5.82 Å². The number of rotatable bonds is 3. The van der Waals surface area contributed by atoms with E-state index in [0.29, 0.717) is 11.0 Å². The average molecular weight is 277 g/mol. The minimum Gasteiger partial charge on any atom is -0.478 e. The summed E-state index contributed by atoms with van der Waals surface area (Å²) >= 11 is 0. The Hall–Kier alpha value is -1.84. The molecule has 1 heterocycles. The fourth-order valence-corrected chi connectivity index (χ4v) is 2.46. The third-order valence-electron chi connectivity index (χ3n) is 3.85. The van der Waals surface area contributed by atoms with E-state index < -0.39 is 5.97 Å². The number of anilines is 1. The standard InChI is InChI=1S/C16H20FNO2/c1-16(2)7-9-18(10-8-16)14-5-4-13(17)11-12(14)3-6-15(19)20/h3-6,11H,7-10H2,1-2H3,(H,19,20). The van der Waals surface area contributed by atoms with Gasteiger partial charge in [-0.15, -0.1) is 0 Å². The normalized spacial score (nSPS) is 18.4. The van der Waals surface area contributed by atoms with Gasteiger partial charge in [0.2, 0.25) is 0 Å². The molecule has 108 valence electrons. The molecule has 1 fully saturated rings. The Balaban J connectivity index is 2.25. The van der Waals surface area contributed by atoms with Gasteiger partial charge >= 0.3 is 5.97 Å². The highest BCUT2D eigenvalue weighted by Crippen LogP contribution is 2.33. The number of benzene rings is 1. The first-order valence-corrected chi connectivity index (χ1v) is 6.83. The van der Waals surface area contributed by atoms with E-state index in [4.69, 9.17) is 5.11 Å². The first-order chi connectivity index (χ1) is 9.37. The molecule has 20 heavy (non-hydrogen) atoms. The zero-order valence-corrected chi connectivity index (χ0v) is 11.9. The number of hydrogen-bond donors (Lipinski definition) is 1. The molecule has 0 saturated carbocycles. The lowest BCUT2D eigenvalue weighted by Gasteiger charge is -2.38. The van der Waals surface area contributed by atoms with Crippen molar-refractivity contribution in [1.82, 2.24) is 0 Å². The number of halogens is 1. The Morgan fingerprint density at radius 3 is 2.60 bits per heavy atom. The molecule has 1 aromatic rings. The molecule has 0 unspecified atom stereocenters. The summed E-state index contributed by atoms with van der Waals surface area (Å²) in [6, 6.07) is 4.54. The van der Waals surface area contributed by atoms with Crippen molar-refractivity contribution in [3.05, 3.63) is 35.7 Å². The predicted octanol–water partition coefficient (Wildman–Crippen LogP) is 3.55. The predicted molar refractivity (Wildman–Crippen MR) is 78.3 cm³/mol. The Morgan fingerprint density at radius 1 is 1.35 bits per heavy atom. The molecule has 0 atom stereocenters. The molecule has 1 aromatic carbocycles. The van der Waals surface area contributed by atoms with Gasteiger partial charge < -0.3 is 10.0 Å². The van der Waals surface area contributed by atoms with Gasteiger partial charge in [-0.2, -0.15) is 0 Å². The first-order valence-electron chi connectivity index (χ1n) is 6.83. The molecule has 1 saturated heterocycles. The van der Waals surface area contributed by atoms with Crippen molar-refractivity contribution in [2.45, 2.75) is 26.7 Å². The summed E-state index contributed by atoms with van der Waals surface area (Å²) in [4.78, 5) is 12.8. The van der Waals surface area contributed by atoms with Crippen molar-refractivity contribution in [3.63, 3.8) is 0 Å². The van der Waals surface area contributed by atoms with Gasteiger partial charge in [0, 0.05) is 30.4 Å². The maximum Gasteiger partial charge on any atom is 0.328 e. The topological polar surface area (TPSA) is 40.5 Å². The van der Waals surface area contributed by atoms with E-state index in [1.165, 1.54) is 18.2 Å². The van der Waals surface area contributed by atoms with Crippen molar-refractivity contribution in [2.75, 3.05) is 18.0 Å². The third-order valence-corrected chi connectivity index (χ3v) is 3.85. The van der Waals surface area contributed by atoms with Crippen LogP contribution in [0.5, 0.6) is 0 Å². The van der Waals surface area contributed by atoms with Crippen LogP contribution in [0.25, 0.3) is 6.08 Å². The quantitative estimate of drug-likeness (QED) is 0.859. The van der Waals surface area contributed by atoms with E-state index in [-0.39, 0.29) is 5.82 Å². The lowest BCUT2D eigenvalue weighted by atomic mass is 9.82. The van der Waals surface area contributed by atoms with Crippen LogP contribution < -0.4 is 4.90 Å². The van der Waals surface area contributed by atoms with Crippen molar-refractivity contribution < 1.29 is 14.3 Å². The molecule has 3 nitrogen and oxygen atoms in total. The summed E-state index contributed by atoms with van der Waals surface area (Å²) in [6.45, 7) is 6.32. The fourth-order valence-electron chi connectivity index (χ4n) is 2.46. The number of carbonyl (C=O) groups is 1. The van der Waals surface area contributed by atoms with E-state index in [2.05, 4.69) is 18.7 Å². The fraction of sp³-hybridized carbons (Fsp3) is 0.438. The highest BCUT2D eigenvalue weighted by molar-refractivity contribution is 5.87. The highest BCUT2D eigenvalue weighted by Gasteiger charge is 2.26. The Labute approximate surface area is 118 Å². The Bertz CT molecular complexity index is 527. The highest BCUT2D eigenvalue weighted by atomic mass is 19.1. The zero-order valence-electron chi connectivity index (χ0n) is 11.9. The van der Waals surface area contributed by atoms with Crippen LogP contribution in [-0.2, 0) is 4.79 Å². The second kappa shape index (κ2) is 5.65. The van der Waals surface area contributed by atoms with Crippen LogP contribution in [0.4, 0.5) is 10.1 Å². The van der Waals surface area contributed by atoms with Gasteiger partial charge in [-0.05, 0) is 42.5 Å². The number of carboxylic acids is 1. The molecule has 0 spiro atoms. The molecule has 2 rings (SSSR count). The number of carboxylic acid groups (broad SMARTS) is 1. The van der Waals surface area contributed by atoms with Gasteiger partial charge in [-0.3, -0.25) is 0 Å². The molecule has 0 radical (unpaired) electrons. The van der Waals surface area contributed by atoms with Crippen molar-refractivity contribution in [1.29, 1.82) is 0 Å². The maximum absolute atomic E-state index is 13.4. The summed E-state index contributed by atoms with van der Waals surface area (Å²) in [5, 5.41) is 8.72. The second-order valence-electron chi connectivity index (χ2n) is 6.03. The smallest absolute Gasteiger partial charge is 0.328 e. The van der Waals surface area contributed by atoms with E-state index in [9.17, 15) is 9.18 Å². The van der Waals surface area contributed by atoms with Crippen LogP contribution in [0, 0.1) is 11.2 Å². The van der Waals surface area contributed by atoms with Crippen LogP contribution >= 0.6 is 0 Å². The minimum atomic E-state index is -1.03. The Kier molecular flexibility index (Phi) is 4.12. The van der Waals surface area contributed by atoms with Crippen molar-refractivity contribution >= 4 is 17.7 Å². The summed E-state index contributed by atoms with van der Waals surface area (Å²) < 4.78 is 13.4. The van der Waals surface area contributed by atoms with Gasteiger partial charge in [0.05, 0.1) is 0 Å². The van der Waals surface area contributed by atoms with Gasteiger partial charge in [0.25, 0.3) is 0 Å². The lowest BCUT2D eigenvalue weighted by Crippen LogP contribution is -2.37. The molecular formula is C16H20FNO2. The van der Waals surface area contributed by atoms with Crippen LogP contribution in [-0.4, -0.2) is 24.2 Å². The summed E-state index contributed by atoms with van der Waals surface area (Å²) in [7, 11) is 0. The average Bonchev–Trinajstić information content (AvgIpc) is 2.37. The van der Waals surface area contributed by atoms with Crippen LogP contribution in [0.2, 0.25) is 0 Å². The minimum absolute atomic E-state index is 0.341. The van der Waals surface area contributed by atoms with Gasteiger partial charge in [-0.1, -0.05) is 13.8 Å². The maximum atomic E-state index is 13.4. The second-order valence-corrected chi connectivity index (χ2v) is 6.03. The van der Waals surface area contributed by atoms with E-state index in [1.807, 2.05) is 0 Å². The molecule has 0 aromatic heterocycles. The van der Waals surface area contributed by atoms with E-state index >= 15 is 0 Å². The van der Waals surface area contributed by atoms with Crippen molar-refractivity contribution in [2.24, 2.45) is 5.41 Å². The molecule has 4 heteroatoms. The molecular weight excluding hydrogens is 257 g/mol. The van der Waals surface area contributed by atoms with E-state index in [0.717, 1.165) is 37.7 Å². The monoisotopic (exact) mass is 277 g/mol. The van der Waals surface area contributed by atoms with Crippen molar-refractivity contribution in [3.8, 4) is 0 Å². The summed E-state index contributed by atoms with van der Waals surface area (Å²) in [5.41, 5.74) is 1.86. The number of nitrogens with zero attached hydrogens (tertiary/aromatic N) is 1. The molecule has 0 aliphatic carbocycles. The number of aliphatic carboxylic acids is 1. The molecule has 1 aliphatic heterocycles.